The van der Waals surface area contributed by atoms with Gasteiger partial charge >= 0.3 is 5.63 Å². The molecule has 1 fully saturated rings. The summed E-state index contributed by atoms with van der Waals surface area (Å²) in [5.74, 6) is 0.491. The second-order valence-electron chi connectivity index (χ2n) is 8.15. The summed E-state index contributed by atoms with van der Waals surface area (Å²) >= 11 is 0. The number of hydrogen-bond donors (Lipinski definition) is 0. The lowest BCUT2D eigenvalue weighted by atomic mass is 10.0. The van der Waals surface area contributed by atoms with E-state index >= 15 is 0 Å². The third-order valence-electron chi connectivity index (χ3n) is 5.84. The highest BCUT2D eigenvalue weighted by atomic mass is 16.5. The molecule has 32 heavy (non-hydrogen) atoms. The minimum absolute atomic E-state index is 0.0321. The summed E-state index contributed by atoms with van der Waals surface area (Å²) in [6, 6.07) is 11.0. The number of ether oxygens (including phenoxy) is 1. The van der Waals surface area contributed by atoms with Gasteiger partial charge in [-0.25, -0.2) is 4.79 Å². The lowest BCUT2D eigenvalue weighted by Gasteiger charge is -2.34. The SMILES string of the molecule is CCCCc1cc(=O)oc2cc(OCC(=O)N3CCN(Cc4ccncc4)CC3)ccc12. The Morgan fingerprint density at radius 1 is 1.09 bits per heavy atom. The van der Waals surface area contributed by atoms with Gasteiger partial charge in [0.15, 0.2) is 6.61 Å². The van der Waals surface area contributed by atoms with Gasteiger partial charge in [0, 0.05) is 62.6 Å². The molecule has 0 radical (unpaired) electrons. The Morgan fingerprint density at radius 2 is 1.88 bits per heavy atom. The number of aryl methyl sites for hydroxylation is 1. The van der Waals surface area contributed by atoms with Crippen molar-refractivity contribution in [1.29, 1.82) is 0 Å². The number of nitrogens with zero attached hydrogens (tertiary/aromatic N) is 3. The van der Waals surface area contributed by atoms with E-state index in [9.17, 15) is 9.59 Å². The first-order valence-electron chi connectivity index (χ1n) is 11.2. The van der Waals surface area contributed by atoms with Crippen molar-refractivity contribution in [3.63, 3.8) is 0 Å². The van der Waals surface area contributed by atoms with Gasteiger partial charge in [0.1, 0.15) is 11.3 Å². The number of fused-ring (bicyclic) bond motifs is 1. The standard InChI is InChI=1S/C25H29N3O4/c1-2-3-4-20-15-25(30)32-23-16-21(5-6-22(20)23)31-18-24(29)28-13-11-27(12-14-28)17-19-7-9-26-10-8-19/h5-10,15-16H,2-4,11-14,17-18H2,1H3. The molecule has 7 heteroatoms. The number of unbranched alkanes of at least 4 members (excludes halogenated alkanes) is 1. The van der Waals surface area contributed by atoms with E-state index in [2.05, 4.69) is 16.8 Å². The Hall–Kier alpha value is -3.19. The Balaban J connectivity index is 1.31. The minimum Gasteiger partial charge on any atom is -0.484 e. The van der Waals surface area contributed by atoms with Crippen molar-refractivity contribution in [2.45, 2.75) is 32.7 Å². The number of piperazine rings is 1. The van der Waals surface area contributed by atoms with Crippen LogP contribution in [0.2, 0.25) is 0 Å². The quantitative estimate of drug-likeness (QED) is 0.506. The molecule has 0 bridgehead atoms. The Bertz CT molecular complexity index is 1110. The van der Waals surface area contributed by atoms with Crippen molar-refractivity contribution in [1.82, 2.24) is 14.8 Å². The third-order valence-corrected chi connectivity index (χ3v) is 5.84. The van der Waals surface area contributed by atoms with E-state index in [-0.39, 0.29) is 18.1 Å². The molecule has 1 aromatic carbocycles. The van der Waals surface area contributed by atoms with Crippen LogP contribution in [-0.2, 0) is 17.8 Å². The summed E-state index contributed by atoms with van der Waals surface area (Å²) in [4.78, 5) is 32.8. The molecule has 168 valence electrons. The second kappa shape index (κ2) is 10.4. The molecule has 3 heterocycles. The van der Waals surface area contributed by atoms with Crippen LogP contribution >= 0.6 is 0 Å². The van der Waals surface area contributed by atoms with Crippen LogP contribution < -0.4 is 10.4 Å². The maximum absolute atomic E-state index is 12.6. The van der Waals surface area contributed by atoms with E-state index in [0.717, 1.165) is 49.8 Å². The molecule has 3 aromatic rings. The average Bonchev–Trinajstić information content (AvgIpc) is 2.81. The van der Waals surface area contributed by atoms with Gasteiger partial charge in [-0.2, -0.15) is 0 Å². The first-order chi connectivity index (χ1) is 15.6. The first-order valence-corrected chi connectivity index (χ1v) is 11.2. The number of pyridine rings is 1. The van der Waals surface area contributed by atoms with Crippen LogP contribution in [0.25, 0.3) is 11.0 Å². The summed E-state index contributed by atoms with van der Waals surface area (Å²) in [5, 5.41) is 0.919. The fourth-order valence-electron chi connectivity index (χ4n) is 4.01. The zero-order valence-corrected chi connectivity index (χ0v) is 18.5. The van der Waals surface area contributed by atoms with Crippen molar-refractivity contribution in [3.05, 3.63) is 70.3 Å². The predicted molar refractivity (Wildman–Crippen MR) is 123 cm³/mol. The number of carbonyl (C=O) groups is 1. The zero-order valence-electron chi connectivity index (χ0n) is 18.5. The number of amides is 1. The maximum atomic E-state index is 12.6. The fraction of sp³-hybridized carbons (Fsp3) is 0.400. The average molecular weight is 436 g/mol. The van der Waals surface area contributed by atoms with E-state index in [1.807, 2.05) is 29.2 Å². The number of aromatic nitrogens is 1. The van der Waals surface area contributed by atoms with Gasteiger partial charge in [-0.05, 0) is 48.2 Å². The molecule has 1 aliphatic heterocycles. The Labute approximate surface area is 187 Å². The van der Waals surface area contributed by atoms with E-state index in [1.165, 1.54) is 5.56 Å². The Morgan fingerprint density at radius 3 is 2.62 bits per heavy atom. The molecular formula is C25H29N3O4. The molecule has 0 saturated carbocycles. The van der Waals surface area contributed by atoms with Crippen LogP contribution in [0, 0.1) is 0 Å². The van der Waals surface area contributed by atoms with Crippen LogP contribution in [0.5, 0.6) is 5.75 Å². The number of hydrogen-bond acceptors (Lipinski definition) is 6. The van der Waals surface area contributed by atoms with Crippen molar-refractivity contribution in [2.24, 2.45) is 0 Å². The second-order valence-corrected chi connectivity index (χ2v) is 8.15. The van der Waals surface area contributed by atoms with Gasteiger partial charge in [0.05, 0.1) is 0 Å². The molecule has 2 aromatic heterocycles. The molecule has 0 aliphatic carbocycles. The molecule has 0 unspecified atom stereocenters. The molecule has 1 saturated heterocycles. The predicted octanol–water partition coefficient (Wildman–Crippen LogP) is 3.25. The molecule has 4 rings (SSSR count). The van der Waals surface area contributed by atoms with Crippen LogP contribution in [0.3, 0.4) is 0 Å². The van der Waals surface area contributed by atoms with Crippen molar-refractivity contribution >= 4 is 16.9 Å². The number of carbonyl (C=O) groups excluding carboxylic acids is 1. The molecule has 7 nitrogen and oxygen atoms in total. The van der Waals surface area contributed by atoms with Gasteiger partial charge in [-0.1, -0.05) is 13.3 Å². The maximum Gasteiger partial charge on any atom is 0.336 e. The molecule has 0 atom stereocenters. The third kappa shape index (κ3) is 5.53. The molecule has 1 aliphatic rings. The van der Waals surface area contributed by atoms with Gasteiger partial charge in [0.2, 0.25) is 0 Å². The van der Waals surface area contributed by atoms with E-state index < -0.39 is 0 Å². The van der Waals surface area contributed by atoms with Gasteiger partial charge < -0.3 is 14.1 Å². The minimum atomic E-state index is -0.360. The van der Waals surface area contributed by atoms with Crippen LogP contribution in [0.15, 0.2) is 58.0 Å². The largest absolute Gasteiger partial charge is 0.484 e. The monoisotopic (exact) mass is 435 g/mol. The van der Waals surface area contributed by atoms with Crippen LogP contribution in [0.1, 0.15) is 30.9 Å². The Kier molecular flexibility index (Phi) is 7.17. The van der Waals surface area contributed by atoms with E-state index in [0.29, 0.717) is 24.4 Å². The van der Waals surface area contributed by atoms with Gasteiger partial charge in [-0.15, -0.1) is 0 Å². The van der Waals surface area contributed by atoms with E-state index in [1.54, 1.807) is 24.5 Å². The van der Waals surface area contributed by atoms with Crippen molar-refractivity contribution < 1.29 is 13.9 Å². The summed E-state index contributed by atoms with van der Waals surface area (Å²) in [6.07, 6.45) is 6.52. The first kappa shape index (κ1) is 22.0. The van der Waals surface area contributed by atoms with Crippen LogP contribution in [0.4, 0.5) is 0 Å². The highest BCUT2D eigenvalue weighted by molar-refractivity contribution is 5.82. The highest BCUT2D eigenvalue weighted by Gasteiger charge is 2.21. The summed E-state index contributed by atoms with van der Waals surface area (Å²) in [7, 11) is 0. The molecule has 0 N–H and O–H groups in total. The van der Waals surface area contributed by atoms with Crippen LogP contribution in [-0.4, -0.2) is 53.5 Å². The number of benzene rings is 1. The van der Waals surface area contributed by atoms with Crippen molar-refractivity contribution in [2.75, 3.05) is 32.8 Å². The van der Waals surface area contributed by atoms with Gasteiger partial charge in [0.25, 0.3) is 5.91 Å². The highest BCUT2D eigenvalue weighted by Crippen LogP contribution is 2.24. The molecule has 0 spiro atoms. The fourth-order valence-corrected chi connectivity index (χ4v) is 4.01. The van der Waals surface area contributed by atoms with Crippen molar-refractivity contribution in [3.8, 4) is 5.75 Å². The topological polar surface area (TPSA) is 75.9 Å². The van der Waals surface area contributed by atoms with E-state index in [4.69, 9.17) is 9.15 Å². The molecular weight excluding hydrogens is 406 g/mol. The number of rotatable bonds is 8. The van der Waals surface area contributed by atoms with Gasteiger partial charge in [-0.3, -0.25) is 14.7 Å². The smallest absolute Gasteiger partial charge is 0.336 e. The lowest BCUT2D eigenvalue weighted by molar-refractivity contribution is -0.135. The zero-order chi connectivity index (χ0) is 22.3. The normalized spacial score (nSPS) is 14.6. The summed E-state index contributed by atoms with van der Waals surface area (Å²) < 4.78 is 11.1. The summed E-state index contributed by atoms with van der Waals surface area (Å²) in [6.45, 7) is 5.98. The molecule has 1 amide bonds. The summed E-state index contributed by atoms with van der Waals surface area (Å²) in [5.41, 5.74) is 2.36. The lowest BCUT2D eigenvalue weighted by Crippen LogP contribution is -2.49.